The molecule has 1 N–H and O–H groups in total. The van der Waals surface area contributed by atoms with Crippen molar-refractivity contribution in [1.82, 2.24) is 10.2 Å². The highest BCUT2D eigenvalue weighted by atomic mass is 79.9. The molecule has 0 unspecified atom stereocenters. The number of carbonyl (C=O) groups excluding carboxylic acids is 1. The molecule has 1 aromatic carbocycles. The van der Waals surface area contributed by atoms with E-state index in [1.165, 1.54) is 17.4 Å². The third-order valence-corrected chi connectivity index (χ3v) is 4.21. The molecule has 0 aliphatic carbocycles. The number of benzene rings is 1. The molecule has 1 aromatic heterocycles. The first-order valence-corrected chi connectivity index (χ1v) is 8.60. The zero-order valence-corrected chi connectivity index (χ0v) is 15.1. The molecule has 23 heavy (non-hydrogen) atoms. The van der Waals surface area contributed by atoms with Crippen molar-refractivity contribution >= 4 is 44.4 Å². The summed E-state index contributed by atoms with van der Waals surface area (Å²) in [6.45, 7) is 4.18. The van der Waals surface area contributed by atoms with Crippen LogP contribution in [-0.4, -0.2) is 16.1 Å². The van der Waals surface area contributed by atoms with Gasteiger partial charge in [0.05, 0.1) is 0 Å². The van der Waals surface area contributed by atoms with Gasteiger partial charge >= 0.3 is 0 Å². The Bertz CT molecular complexity index is 759. The summed E-state index contributed by atoms with van der Waals surface area (Å²) in [6.07, 6.45) is 2.35. The number of nitriles is 1. The molecule has 0 atom stereocenters. The number of anilines is 1. The molecule has 118 valence electrons. The lowest BCUT2D eigenvalue weighted by Crippen LogP contribution is -2.13. The van der Waals surface area contributed by atoms with Crippen LogP contribution in [0.15, 0.2) is 34.3 Å². The van der Waals surface area contributed by atoms with Crippen LogP contribution in [0.2, 0.25) is 0 Å². The number of nitrogens with zero attached hydrogens (tertiary/aromatic N) is 3. The Balaban J connectivity index is 2.10. The van der Waals surface area contributed by atoms with E-state index in [9.17, 15) is 10.1 Å². The summed E-state index contributed by atoms with van der Waals surface area (Å²) < 4.78 is 0.934. The average Bonchev–Trinajstić information content (AvgIpc) is 2.92. The quantitative estimate of drug-likeness (QED) is 0.616. The largest absolute Gasteiger partial charge is 0.296 e. The van der Waals surface area contributed by atoms with Crippen molar-refractivity contribution in [2.75, 3.05) is 5.32 Å². The van der Waals surface area contributed by atoms with Gasteiger partial charge in [-0.05, 0) is 29.7 Å². The van der Waals surface area contributed by atoms with Crippen molar-refractivity contribution in [1.29, 1.82) is 5.26 Å². The van der Waals surface area contributed by atoms with Gasteiger partial charge in [-0.3, -0.25) is 10.1 Å². The van der Waals surface area contributed by atoms with Crippen molar-refractivity contribution in [3.05, 3.63) is 44.9 Å². The van der Waals surface area contributed by atoms with E-state index in [1.54, 1.807) is 0 Å². The SMILES string of the molecule is CC(C)Cc1nnc(NC(=O)/C(C#N)=C\c2ccc(Br)cc2)s1. The highest BCUT2D eigenvalue weighted by Gasteiger charge is 2.13. The fourth-order valence-corrected chi connectivity index (χ4v) is 2.99. The lowest BCUT2D eigenvalue weighted by molar-refractivity contribution is -0.112. The van der Waals surface area contributed by atoms with Gasteiger partial charge < -0.3 is 0 Å². The average molecular weight is 391 g/mol. The van der Waals surface area contributed by atoms with Gasteiger partial charge in [0.25, 0.3) is 5.91 Å². The standard InChI is InChI=1S/C16H15BrN4OS/c1-10(2)7-14-20-21-16(23-14)19-15(22)12(9-18)8-11-3-5-13(17)6-4-11/h3-6,8,10H,7H2,1-2H3,(H,19,21,22)/b12-8-. The Kier molecular flexibility index (Phi) is 6.02. The van der Waals surface area contributed by atoms with Crippen molar-refractivity contribution < 1.29 is 4.79 Å². The highest BCUT2D eigenvalue weighted by Crippen LogP contribution is 2.19. The summed E-state index contributed by atoms with van der Waals surface area (Å²) in [7, 11) is 0. The van der Waals surface area contributed by atoms with E-state index < -0.39 is 5.91 Å². The molecular formula is C16H15BrN4OS. The third kappa shape index (κ3) is 5.27. The van der Waals surface area contributed by atoms with E-state index >= 15 is 0 Å². The molecule has 0 aliphatic heterocycles. The zero-order chi connectivity index (χ0) is 16.8. The summed E-state index contributed by atoms with van der Waals surface area (Å²) in [5, 5.41) is 21.1. The normalized spacial score (nSPS) is 11.3. The lowest BCUT2D eigenvalue weighted by Gasteiger charge is -2.00. The van der Waals surface area contributed by atoms with Crippen LogP contribution in [0.25, 0.3) is 6.08 Å². The second-order valence-electron chi connectivity index (χ2n) is 5.27. The molecule has 5 nitrogen and oxygen atoms in total. The van der Waals surface area contributed by atoms with Crippen molar-refractivity contribution in [3.8, 4) is 6.07 Å². The molecule has 2 rings (SSSR count). The molecule has 0 fully saturated rings. The number of hydrogen-bond donors (Lipinski definition) is 1. The van der Waals surface area contributed by atoms with Crippen molar-refractivity contribution in [2.24, 2.45) is 5.92 Å². The topological polar surface area (TPSA) is 78.7 Å². The van der Waals surface area contributed by atoms with Crippen LogP contribution in [0.3, 0.4) is 0 Å². The van der Waals surface area contributed by atoms with Gasteiger partial charge in [-0.2, -0.15) is 5.26 Å². The zero-order valence-electron chi connectivity index (χ0n) is 12.7. The van der Waals surface area contributed by atoms with Gasteiger partial charge in [0.15, 0.2) is 0 Å². The van der Waals surface area contributed by atoms with Crippen LogP contribution in [0.4, 0.5) is 5.13 Å². The van der Waals surface area contributed by atoms with Gasteiger partial charge in [0.2, 0.25) is 5.13 Å². The number of aromatic nitrogens is 2. The predicted octanol–water partition coefficient (Wildman–Crippen LogP) is 4.04. The molecule has 0 saturated carbocycles. The minimum absolute atomic E-state index is 0.0212. The van der Waals surface area contributed by atoms with E-state index in [0.29, 0.717) is 11.0 Å². The van der Waals surface area contributed by atoms with Crippen molar-refractivity contribution in [3.63, 3.8) is 0 Å². The van der Waals surface area contributed by atoms with Crippen LogP contribution < -0.4 is 5.32 Å². The Morgan fingerprint density at radius 3 is 2.70 bits per heavy atom. The summed E-state index contributed by atoms with van der Waals surface area (Å²) in [4.78, 5) is 12.2. The van der Waals surface area contributed by atoms with Gasteiger partial charge in [0.1, 0.15) is 16.6 Å². The van der Waals surface area contributed by atoms with Gasteiger partial charge in [-0.15, -0.1) is 10.2 Å². The minimum Gasteiger partial charge on any atom is -0.296 e. The first-order chi connectivity index (χ1) is 11.0. The third-order valence-electron chi connectivity index (χ3n) is 2.82. The second kappa shape index (κ2) is 7.99. The van der Waals surface area contributed by atoms with E-state index in [0.717, 1.165) is 21.5 Å². The van der Waals surface area contributed by atoms with E-state index in [1.807, 2.05) is 30.3 Å². The summed E-state index contributed by atoms with van der Waals surface area (Å²) in [5.74, 6) is -0.0128. The molecule has 0 saturated heterocycles. The van der Waals surface area contributed by atoms with Gasteiger partial charge in [-0.25, -0.2) is 0 Å². The number of halogens is 1. The Labute approximate surface area is 147 Å². The first kappa shape index (κ1) is 17.3. The first-order valence-electron chi connectivity index (χ1n) is 6.99. The molecule has 1 heterocycles. The Hall–Kier alpha value is -2.04. The minimum atomic E-state index is -0.484. The maximum atomic E-state index is 12.2. The number of amides is 1. The number of nitrogens with one attached hydrogen (secondary N) is 1. The van der Waals surface area contributed by atoms with Crippen LogP contribution in [0.5, 0.6) is 0 Å². The Morgan fingerprint density at radius 1 is 1.39 bits per heavy atom. The number of carbonyl (C=O) groups is 1. The summed E-state index contributed by atoms with van der Waals surface area (Å²) in [5.41, 5.74) is 0.797. The molecule has 1 amide bonds. The maximum Gasteiger partial charge on any atom is 0.268 e. The fourth-order valence-electron chi connectivity index (χ4n) is 1.77. The molecule has 0 aliphatic rings. The molecule has 0 spiro atoms. The monoisotopic (exact) mass is 390 g/mol. The second-order valence-corrected chi connectivity index (χ2v) is 7.25. The van der Waals surface area contributed by atoms with E-state index in [-0.39, 0.29) is 5.57 Å². The van der Waals surface area contributed by atoms with Crippen LogP contribution in [0.1, 0.15) is 24.4 Å². The number of hydrogen-bond acceptors (Lipinski definition) is 5. The highest BCUT2D eigenvalue weighted by molar-refractivity contribution is 9.10. The molecule has 7 heteroatoms. The number of rotatable bonds is 5. The van der Waals surface area contributed by atoms with Crippen LogP contribution >= 0.6 is 27.3 Å². The fraction of sp³-hybridized carbons (Fsp3) is 0.250. The summed E-state index contributed by atoms with van der Waals surface area (Å²) in [6, 6.07) is 9.26. The molecule has 2 aromatic rings. The molecule has 0 bridgehead atoms. The van der Waals surface area contributed by atoms with E-state index in [2.05, 4.69) is 45.3 Å². The van der Waals surface area contributed by atoms with Gasteiger partial charge in [0, 0.05) is 10.9 Å². The predicted molar refractivity (Wildman–Crippen MR) is 94.8 cm³/mol. The van der Waals surface area contributed by atoms with Gasteiger partial charge in [-0.1, -0.05) is 53.2 Å². The lowest BCUT2D eigenvalue weighted by atomic mass is 10.1. The molecule has 0 radical (unpaired) electrons. The Morgan fingerprint density at radius 2 is 2.09 bits per heavy atom. The van der Waals surface area contributed by atoms with Crippen molar-refractivity contribution in [2.45, 2.75) is 20.3 Å². The molecular weight excluding hydrogens is 376 g/mol. The van der Waals surface area contributed by atoms with E-state index in [4.69, 9.17) is 0 Å². The van der Waals surface area contributed by atoms with Crippen LogP contribution in [-0.2, 0) is 11.2 Å². The summed E-state index contributed by atoms with van der Waals surface area (Å²) >= 11 is 4.67. The smallest absolute Gasteiger partial charge is 0.268 e. The maximum absolute atomic E-state index is 12.2. The van der Waals surface area contributed by atoms with Crippen LogP contribution in [0, 0.1) is 17.2 Å².